The third-order valence-corrected chi connectivity index (χ3v) is 5.20. The van der Waals surface area contributed by atoms with Crippen LogP contribution >= 0.6 is 11.3 Å². The van der Waals surface area contributed by atoms with E-state index in [1.807, 2.05) is 11.3 Å². The lowest BCUT2D eigenvalue weighted by molar-refractivity contribution is 0.454. The second-order valence-corrected chi connectivity index (χ2v) is 6.53. The number of hydrogen-bond acceptors (Lipinski definition) is 3. The lowest BCUT2D eigenvalue weighted by atomic mass is 9.92. The third kappa shape index (κ3) is 3.55. The van der Waals surface area contributed by atoms with E-state index in [1.165, 1.54) is 66.9 Å². The molecule has 0 spiro atoms. The van der Waals surface area contributed by atoms with Crippen LogP contribution in [-0.4, -0.2) is 4.98 Å². The topological polar surface area (TPSA) is 38.9 Å². The SMILES string of the molecule is CCCc1nc(C2CCCCCCC2)sc1CN. The van der Waals surface area contributed by atoms with Crippen LogP contribution in [0.2, 0.25) is 0 Å². The predicted molar refractivity (Wildman–Crippen MR) is 79.1 cm³/mol. The van der Waals surface area contributed by atoms with Crippen molar-refractivity contribution in [3.05, 3.63) is 15.6 Å². The molecular weight excluding hydrogens is 240 g/mol. The third-order valence-electron chi connectivity index (χ3n) is 3.92. The number of nitrogens with zero attached hydrogens (tertiary/aromatic N) is 1. The predicted octanol–water partition coefficient (Wildman–Crippen LogP) is 4.38. The van der Waals surface area contributed by atoms with Gasteiger partial charge in [0.05, 0.1) is 10.7 Å². The maximum atomic E-state index is 5.85. The number of aryl methyl sites for hydroxylation is 1. The summed E-state index contributed by atoms with van der Waals surface area (Å²) in [6.07, 6.45) is 11.9. The van der Waals surface area contributed by atoms with Gasteiger partial charge in [0.1, 0.15) is 0 Å². The maximum absolute atomic E-state index is 5.85. The minimum absolute atomic E-state index is 0.666. The molecule has 1 aromatic heterocycles. The molecule has 0 unspecified atom stereocenters. The molecule has 1 saturated carbocycles. The Morgan fingerprint density at radius 1 is 1.17 bits per heavy atom. The molecule has 0 bridgehead atoms. The van der Waals surface area contributed by atoms with Crippen LogP contribution < -0.4 is 5.73 Å². The molecule has 1 aromatic rings. The van der Waals surface area contributed by atoms with E-state index < -0.39 is 0 Å². The fourth-order valence-electron chi connectivity index (χ4n) is 2.87. The highest BCUT2D eigenvalue weighted by Crippen LogP contribution is 2.34. The van der Waals surface area contributed by atoms with Gasteiger partial charge in [-0.2, -0.15) is 0 Å². The number of aromatic nitrogens is 1. The second-order valence-electron chi connectivity index (χ2n) is 5.42. The van der Waals surface area contributed by atoms with Gasteiger partial charge in [-0.05, 0) is 19.3 Å². The summed E-state index contributed by atoms with van der Waals surface area (Å²) < 4.78 is 0. The van der Waals surface area contributed by atoms with Gasteiger partial charge in [0.15, 0.2) is 0 Å². The zero-order chi connectivity index (χ0) is 12.8. The van der Waals surface area contributed by atoms with E-state index in [1.54, 1.807) is 0 Å². The molecule has 102 valence electrons. The Balaban J connectivity index is 2.10. The van der Waals surface area contributed by atoms with Gasteiger partial charge >= 0.3 is 0 Å². The smallest absolute Gasteiger partial charge is 0.0962 e. The fraction of sp³-hybridized carbons (Fsp3) is 0.800. The van der Waals surface area contributed by atoms with Crippen molar-refractivity contribution in [2.75, 3.05) is 0 Å². The minimum atomic E-state index is 0.666. The molecule has 1 fully saturated rings. The van der Waals surface area contributed by atoms with E-state index in [2.05, 4.69) is 6.92 Å². The highest BCUT2D eigenvalue weighted by molar-refractivity contribution is 7.11. The van der Waals surface area contributed by atoms with Crippen LogP contribution in [0.25, 0.3) is 0 Å². The van der Waals surface area contributed by atoms with E-state index in [-0.39, 0.29) is 0 Å². The largest absolute Gasteiger partial charge is 0.326 e. The van der Waals surface area contributed by atoms with E-state index in [0.29, 0.717) is 12.5 Å². The van der Waals surface area contributed by atoms with E-state index in [4.69, 9.17) is 10.7 Å². The minimum Gasteiger partial charge on any atom is -0.326 e. The van der Waals surface area contributed by atoms with Crippen molar-refractivity contribution in [2.24, 2.45) is 5.73 Å². The first kappa shape index (κ1) is 14.0. The van der Waals surface area contributed by atoms with E-state index in [0.717, 1.165) is 6.42 Å². The summed E-state index contributed by atoms with van der Waals surface area (Å²) in [6.45, 7) is 2.88. The van der Waals surface area contributed by atoms with Gasteiger partial charge < -0.3 is 5.73 Å². The molecule has 2 nitrogen and oxygen atoms in total. The van der Waals surface area contributed by atoms with Crippen molar-refractivity contribution >= 4 is 11.3 Å². The van der Waals surface area contributed by atoms with Crippen LogP contribution in [0.1, 0.15) is 79.8 Å². The first-order valence-electron chi connectivity index (χ1n) is 7.53. The Kier molecular flexibility index (Phi) is 5.64. The molecule has 18 heavy (non-hydrogen) atoms. The molecule has 0 atom stereocenters. The molecule has 0 radical (unpaired) electrons. The molecule has 0 aromatic carbocycles. The molecule has 1 aliphatic rings. The number of hydrogen-bond donors (Lipinski definition) is 1. The quantitative estimate of drug-likeness (QED) is 0.878. The molecule has 0 amide bonds. The number of thiazole rings is 1. The maximum Gasteiger partial charge on any atom is 0.0962 e. The first-order chi connectivity index (χ1) is 8.85. The lowest BCUT2D eigenvalue weighted by Gasteiger charge is -2.17. The normalized spacial score (nSPS) is 18.6. The Morgan fingerprint density at radius 2 is 1.83 bits per heavy atom. The van der Waals surface area contributed by atoms with Crippen LogP contribution in [0, 0.1) is 0 Å². The molecular formula is C15H26N2S. The summed E-state index contributed by atoms with van der Waals surface area (Å²) >= 11 is 1.89. The van der Waals surface area contributed by atoms with E-state index >= 15 is 0 Å². The lowest BCUT2D eigenvalue weighted by Crippen LogP contribution is -2.02. The van der Waals surface area contributed by atoms with Crippen molar-refractivity contribution < 1.29 is 0 Å². The summed E-state index contributed by atoms with van der Waals surface area (Å²) in [6, 6.07) is 0. The number of nitrogens with two attached hydrogens (primary N) is 1. The summed E-state index contributed by atoms with van der Waals surface area (Å²) in [5, 5.41) is 1.38. The van der Waals surface area contributed by atoms with Crippen LogP contribution in [0.5, 0.6) is 0 Å². The summed E-state index contributed by atoms with van der Waals surface area (Å²) in [7, 11) is 0. The molecule has 1 heterocycles. The summed E-state index contributed by atoms with van der Waals surface area (Å²) in [5.41, 5.74) is 7.13. The molecule has 0 saturated heterocycles. The van der Waals surface area contributed by atoms with Gasteiger partial charge in [0.25, 0.3) is 0 Å². The molecule has 2 N–H and O–H groups in total. The van der Waals surface area contributed by atoms with Gasteiger partial charge in [0, 0.05) is 17.3 Å². The van der Waals surface area contributed by atoms with Gasteiger partial charge in [0.2, 0.25) is 0 Å². The van der Waals surface area contributed by atoms with Gasteiger partial charge in [-0.3, -0.25) is 0 Å². The monoisotopic (exact) mass is 266 g/mol. The van der Waals surface area contributed by atoms with E-state index in [9.17, 15) is 0 Å². The zero-order valence-corrected chi connectivity index (χ0v) is 12.4. The van der Waals surface area contributed by atoms with Crippen LogP contribution in [-0.2, 0) is 13.0 Å². The van der Waals surface area contributed by atoms with Gasteiger partial charge in [-0.15, -0.1) is 11.3 Å². The van der Waals surface area contributed by atoms with Crippen molar-refractivity contribution in [1.82, 2.24) is 4.98 Å². The van der Waals surface area contributed by atoms with Gasteiger partial charge in [-0.25, -0.2) is 4.98 Å². The Hall–Kier alpha value is -0.410. The fourth-order valence-corrected chi connectivity index (χ4v) is 4.03. The molecule has 1 aliphatic carbocycles. The first-order valence-corrected chi connectivity index (χ1v) is 8.35. The standard InChI is InChI=1S/C15H26N2S/c1-2-8-13-14(11-16)18-15(17-13)12-9-6-4-3-5-7-10-12/h12H,2-11,16H2,1H3. The summed E-state index contributed by atoms with van der Waals surface area (Å²) in [4.78, 5) is 6.23. The van der Waals surface area contributed by atoms with Gasteiger partial charge in [-0.1, -0.05) is 45.4 Å². The molecule has 0 aliphatic heterocycles. The highest BCUT2D eigenvalue weighted by Gasteiger charge is 2.19. The Morgan fingerprint density at radius 3 is 2.44 bits per heavy atom. The Bertz CT molecular complexity index is 351. The van der Waals surface area contributed by atoms with Crippen molar-refractivity contribution in [3.8, 4) is 0 Å². The number of rotatable bonds is 4. The van der Waals surface area contributed by atoms with Crippen molar-refractivity contribution in [1.29, 1.82) is 0 Å². The summed E-state index contributed by atoms with van der Waals surface area (Å²) in [5.74, 6) is 0.714. The molecule has 3 heteroatoms. The average molecular weight is 266 g/mol. The average Bonchev–Trinajstić information content (AvgIpc) is 2.72. The van der Waals surface area contributed by atoms with Crippen LogP contribution in [0.4, 0.5) is 0 Å². The van der Waals surface area contributed by atoms with Crippen LogP contribution in [0.15, 0.2) is 0 Å². The highest BCUT2D eigenvalue weighted by atomic mass is 32.1. The van der Waals surface area contributed by atoms with Crippen molar-refractivity contribution in [2.45, 2.75) is 77.2 Å². The second kappa shape index (κ2) is 7.25. The Labute approximate surface area is 115 Å². The zero-order valence-electron chi connectivity index (χ0n) is 11.6. The molecule has 2 rings (SSSR count). The van der Waals surface area contributed by atoms with Crippen molar-refractivity contribution in [3.63, 3.8) is 0 Å². The van der Waals surface area contributed by atoms with Crippen LogP contribution in [0.3, 0.4) is 0 Å².